The van der Waals surface area contributed by atoms with Crippen LogP contribution in [0.1, 0.15) is 5.82 Å². The van der Waals surface area contributed by atoms with Gasteiger partial charge in [-0.05, 0) is 24.3 Å². The van der Waals surface area contributed by atoms with Gasteiger partial charge in [-0.15, -0.1) is 0 Å². The van der Waals surface area contributed by atoms with E-state index in [2.05, 4.69) is 4.98 Å². The van der Waals surface area contributed by atoms with Gasteiger partial charge in [0, 0.05) is 25.3 Å². The number of nitro benzene ring substituents is 1. The minimum Gasteiger partial charge on any atom is -0.362 e. The van der Waals surface area contributed by atoms with Crippen LogP contribution in [0.3, 0.4) is 0 Å². The smallest absolute Gasteiger partial charge is 0.271 e. The Hall–Kier alpha value is -3.20. The zero-order valence-electron chi connectivity index (χ0n) is 13.6. The maximum Gasteiger partial charge on any atom is 0.271 e. The first-order valence-electron chi connectivity index (χ1n) is 7.53. The summed E-state index contributed by atoms with van der Waals surface area (Å²) in [6.07, 6.45) is 3.35. The molecule has 7 nitrogen and oxygen atoms in total. The zero-order chi connectivity index (χ0) is 18.8. The van der Waals surface area contributed by atoms with Gasteiger partial charge < -0.3 is 4.74 Å². The molecule has 1 atom stereocenters. The van der Waals surface area contributed by atoms with Crippen molar-refractivity contribution in [1.29, 1.82) is 0 Å². The highest BCUT2D eigenvalue weighted by molar-refractivity contribution is 5.80. The molecule has 134 valence electrons. The van der Waals surface area contributed by atoms with E-state index in [-0.39, 0.29) is 29.0 Å². The van der Waals surface area contributed by atoms with Crippen molar-refractivity contribution in [3.05, 3.63) is 80.4 Å². The van der Waals surface area contributed by atoms with Crippen molar-refractivity contribution in [2.45, 2.75) is 12.7 Å². The Bertz CT molecular complexity index is 1040. The third-order valence-electron chi connectivity index (χ3n) is 3.81. The molecule has 1 heterocycles. The standard InChI is InChI=1S/C17H13F2N3O4/c1-21-16(9-26-13-4-2-10(18)6-11(19)7-13)20-15-8-12(22(24)25)3-5-14(15)17(21)23/h2-8,13H,9H2,1H3. The lowest BCUT2D eigenvalue weighted by atomic mass is 10.2. The summed E-state index contributed by atoms with van der Waals surface area (Å²) in [5, 5.41) is 11.1. The van der Waals surface area contributed by atoms with Crippen LogP contribution in [-0.4, -0.2) is 20.6 Å². The first-order valence-corrected chi connectivity index (χ1v) is 7.53. The molecule has 9 heteroatoms. The number of nitrogens with zero attached hydrogens (tertiary/aromatic N) is 3. The Morgan fingerprint density at radius 1 is 1.35 bits per heavy atom. The summed E-state index contributed by atoms with van der Waals surface area (Å²) < 4.78 is 33.3. The first kappa shape index (κ1) is 17.6. The van der Waals surface area contributed by atoms with Crippen LogP contribution in [-0.2, 0) is 18.4 Å². The van der Waals surface area contributed by atoms with Gasteiger partial charge in [0.05, 0.1) is 21.9 Å². The average molecular weight is 361 g/mol. The number of non-ortho nitro benzene ring substituents is 1. The molecule has 1 aliphatic rings. The summed E-state index contributed by atoms with van der Waals surface area (Å²) >= 11 is 0. The Morgan fingerprint density at radius 3 is 2.85 bits per heavy atom. The monoisotopic (exact) mass is 361 g/mol. The Balaban J connectivity index is 1.91. The fraction of sp³-hybridized carbons (Fsp3) is 0.176. The molecule has 3 rings (SSSR count). The highest BCUT2D eigenvalue weighted by Crippen LogP contribution is 2.19. The van der Waals surface area contributed by atoms with Gasteiger partial charge in [-0.25, -0.2) is 13.8 Å². The SMILES string of the molecule is Cn1c(COC2C=CC(F)=CC(F)=C2)nc2cc([N+](=O)[O-])ccc2c1=O. The van der Waals surface area contributed by atoms with Crippen LogP contribution in [0.2, 0.25) is 0 Å². The summed E-state index contributed by atoms with van der Waals surface area (Å²) in [5.41, 5.74) is -0.426. The number of aromatic nitrogens is 2. The van der Waals surface area contributed by atoms with Crippen LogP contribution in [0.15, 0.2) is 59.0 Å². The second-order valence-corrected chi connectivity index (χ2v) is 5.57. The van der Waals surface area contributed by atoms with Gasteiger partial charge in [0.1, 0.15) is 24.1 Å². The van der Waals surface area contributed by atoms with E-state index in [1.165, 1.54) is 35.9 Å². The molecule has 0 bridgehead atoms. The minimum atomic E-state index is -0.850. The van der Waals surface area contributed by atoms with Crippen molar-refractivity contribution >= 4 is 16.6 Å². The van der Waals surface area contributed by atoms with Crippen LogP contribution >= 0.6 is 0 Å². The van der Waals surface area contributed by atoms with E-state index in [1.807, 2.05) is 0 Å². The Kier molecular flexibility index (Phi) is 4.72. The normalized spacial score (nSPS) is 17.0. The molecule has 0 spiro atoms. The third-order valence-corrected chi connectivity index (χ3v) is 3.81. The lowest BCUT2D eigenvalue weighted by Crippen LogP contribution is -2.23. The lowest BCUT2D eigenvalue weighted by molar-refractivity contribution is -0.384. The number of nitro groups is 1. The van der Waals surface area contributed by atoms with E-state index in [1.54, 1.807) is 0 Å². The number of hydrogen-bond acceptors (Lipinski definition) is 5. The van der Waals surface area contributed by atoms with E-state index in [4.69, 9.17) is 4.74 Å². The van der Waals surface area contributed by atoms with E-state index in [0.717, 1.165) is 18.2 Å². The molecule has 1 aromatic heterocycles. The van der Waals surface area contributed by atoms with E-state index in [0.29, 0.717) is 0 Å². The zero-order valence-corrected chi connectivity index (χ0v) is 13.6. The van der Waals surface area contributed by atoms with Crippen LogP contribution in [0.5, 0.6) is 0 Å². The second kappa shape index (κ2) is 6.96. The van der Waals surface area contributed by atoms with E-state index >= 15 is 0 Å². The van der Waals surface area contributed by atoms with Crippen LogP contribution in [0.4, 0.5) is 14.5 Å². The number of allylic oxidation sites excluding steroid dienone is 4. The Morgan fingerprint density at radius 2 is 2.12 bits per heavy atom. The maximum atomic E-state index is 13.4. The molecule has 0 saturated heterocycles. The topological polar surface area (TPSA) is 87.3 Å². The molecule has 1 unspecified atom stereocenters. The number of benzene rings is 1. The van der Waals surface area contributed by atoms with Crippen molar-refractivity contribution in [1.82, 2.24) is 9.55 Å². The number of hydrogen-bond donors (Lipinski definition) is 0. The van der Waals surface area contributed by atoms with Crippen LogP contribution in [0.25, 0.3) is 10.9 Å². The molecule has 0 aliphatic heterocycles. The van der Waals surface area contributed by atoms with E-state index < -0.39 is 28.2 Å². The molecule has 0 radical (unpaired) electrons. The largest absolute Gasteiger partial charge is 0.362 e. The quantitative estimate of drug-likeness (QED) is 0.617. The van der Waals surface area contributed by atoms with Crippen molar-refractivity contribution < 1.29 is 18.4 Å². The molecule has 0 saturated carbocycles. The third kappa shape index (κ3) is 3.57. The van der Waals surface area contributed by atoms with Crippen molar-refractivity contribution in [2.75, 3.05) is 0 Å². The molecule has 1 aromatic carbocycles. The summed E-state index contributed by atoms with van der Waals surface area (Å²) in [7, 11) is 1.48. The Labute approximate surface area is 145 Å². The van der Waals surface area contributed by atoms with E-state index in [9.17, 15) is 23.7 Å². The van der Waals surface area contributed by atoms with Crippen LogP contribution in [0, 0.1) is 10.1 Å². The lowest BCUT2D eigenvalue weighted by Gasteiger charge is -2.12. The first-order chi connectivity index (χ1) is 12.3. The van der Waals surface area contributed by atoms with Gasteiger partial charge >= 0.3 is 0 Å². The molecule has 0 N–H and O–H groups in total. The minimum absolute atomic E-state index is 0.159. The van der Waals surface area contributed by atoms with Crippen molar-refractivity contribution in [3.63, 3.8) is 0 Å². The molecular weight excluding hydrogens is 348 g/mol. The molecule has 0 fully saturated rings. The van der Waals surface area contributed by atoms with Gasteiger partial charge in [0.25, 0.3) is 11.2 Å². The summed E-state index contributed by atoms with van der Waals surface area (Å²) in [6.45, 7) is -0.176. The van der Waals surface area contributed by atoms with Crippen LogP contribution < -0.4 is 5.56 Å². The maximum absolute atomic E-state index is 13.4. The molecule has 26 heavy (non-hydrogen) atoms. The predicted octanol–water partition coefficient (Wildman–Crippen LogP) is 3.00. The van der Waals surface area contributed by atoms with Gasteiger partial charge in [-0.3, -0.25) is 19.5 Å². The number of halogens is 2. The summed E-state index contributed by atoms with van der Waals surface area (Å²) in [6, 6.07) is 3.77. The molecule has 0 amide bonds. The molecule has 2 aromatic rings. The molecule has 1 aliphatic carbocycles. The number of ether oxygens (including phenoxy) is 1. The van der Waals surface area contributed by atoms with Crippen molar-refractivity contribution in [3.8, 4) is 0 Å². The van der Waals surface area contributed by atoms with Gasteiger partial charge in [0.15, 0.2) is 0 Å². The number of rotatable bonds is 4. The summed E-state index contributed by atoms with van der Waals surface area (Å²) in [5.74, 6) is -1.33. The van der Waals surface area contributed by atoms with Gasteiger partial charge in [-0.2, -0.15) is 0 Å². The average Bonchev–Trinajstić information content (AvgIpc) is 2.76. The molecular formula is C17H13F2N3O4. The summed E-state index contributed by atoms with van der Waals surface area (Å²) in [4.78, 5) is 26.9. The van der Waals surface area contributed by atoms with Gasteiger partial charge in [-0.1, -0.05) is 0 Å². The second-order valence-electron chi connectivity index (χ2n) is 5.57. The highest BCUT2D eigenvalue weighted by atomic mass is 19.1. The predicted molar refractivity (Wildman–Crippen MR) is 89.7 cm³/mol. The fourth-order valence-corrected chi connectivity index (χ4v) is 2.45. The number of fused-ring (bicyclic) bond motifs is 1. The highest BCUT2D eigenvalue weighted by Gasteiger charge is 2.14. The van der Waals surface area contributed by atoms with Gasteiger partial charge in [0.2, 0.25) is 0 Å². The fourth-order valence-electron chi connectivity index (χ4n) is 2.45. The van der Waals surface area contributed by atoms with Crippen molar-refractivity contribution in [2.24, 2.45) is 7.05 Å².